The molecule has 2 aliphatic carbocycles. The van der Waals surface area contributed by atoms with Crippen LogP contribution in [-0.2, 0) is 32.7 Å². The number of aromatic amines is 1. The molecule has 2 heterocycles. The molecule has 4 unspecified atom stereocenters. The highest BCUT2D eigenvalue weighted by Crippen LogP contribution is 2.66. The Labute approximate surface area is 186 Å². The van der Waals surface area contributed by atoms with Crippen molar-refractivity contribution in [3.8, 4) is 0 Å². The van der Waals surface area contributed by atoms with Crippen molar-refractivity contribution < 1.29 is 14.3 Å². The van der Waals surface area contributed by atoms with E-state index in [9.17, 15) is 4.79 Å². The van der Waals surface area contributed by atoms with Crippen molar-refractivity contribution in [2.75, 3.05) is 6.61 Å². The molecule has 4 nitrogen and oxygen atoms in total. The molecule has 4 heteroatoms. The van der Waals surface area contributed by atoms with Crippen LogP contribution < -0.4 is 0 Å². The van der Waals surface area contributed by atoms with Crippen molar-refractivity contribution in [3.63, 3.8) is 0 Å². The number of aryl methyl sites for hydroxylation is 1. The zero-order valence-corrected chi connectivity index (χ0v) is 19.8. The van der Waals surface area contributed by atoms with Gasteiger partial charge in [0.05, 0.1) is 18.7 Å². The van der Waals surface area contributed by atoms with Crippen LogP contribution in [0.1, 0.15) is 83.5 Å². The van der Waals surface area contributed by atoms with Crippen LogP contribution in [0.25, 0.3) is 10.9 Å². The largest absolute Gasteiger partial charge is 0.462 e. The minimum atomic E-state index is -0.622. The molecule has 0 amide bonds. The predicted molar refractivity (Wildman–Crippen MR) is 123 cm³/mol. The fourth-order valence-electron chi connectivity index (χ4n) is 6.98. The van der Waals surface area contributed by atoms with Crippen LogP contribution in [0, 0.1) is 16.7 Å². The Morgan fingerprint density at radius 1 is 1.26 bits per heavy atom. The van der Waals surface area contributed by atoms with Gasteiger partial charge in [0.15, 0.2) is 0 Å². The van der Waals surface area contributed by atoms with Gasteiger partial charge in [-0.1, -0.05) is 52.8 Å². The Balaban J connectivity index is 1.44. The molecular formula is C27H37NO3. The van der Waals surface area contributed by atoms with E-state index in [-0.39, 0.29) is 29.3 Å². The molecular weight excluding hydrogens is 386 g/mol. The lowest BCUT2D eigenvalue weighted by Crippen LogP contribution is -2.41. The molecule has 3 aliphatic rings. The van der Waals surface area contributed by atoms with Gasteiger partial charge in [-0.05, 0) is 61.0 Å². The van der Waals surface area contributed by atoms with E-state index < -0.39 is 5.60 Å². The molecule has 0 radical (unpaired) electrons. The molecule has 4 atom stereocenters. The molecule has 0 spiro atoms. The summed E-state index contributed by atoms with van der Waals surface area (Å²) < 4.78 is 12.6. The number of fused-ring (bicyclic) bond motifs is 5. The number of esters is 1. The molecule has 0 saturated heterocycles. The Morgan fingerprint density at radius 2 is 2.06 bits per heavy atom. The first-order chi connectivity index (χ1) is 14.8. The van der Waals surface area contributed by atoms with Gasteiger partial charge in [-0.25, -0.2) is 0 Å². The van der Waals surface area contributed by atoms with Crippen molar-refractivity contribution in [3.05, 3.63) is 35.0 Å². The third-order valence-electron chi connectivity index (χ3n) is 9.58. The van der Waals surface area contributed by atoms with Gasteiger partial charge in [-0.3, -0.25) is 4.79 Å². The third kappa shape index (κ3) is 2.86. The Bertz CT molecular complexity index is 1020. The SMILES string of the molecule is CCc1cccc2c3c([nH]c12)C(CC)(CC(=O)OC1CC2CCC1(C)C2(C)C)OCC3. The van der Waals surface area contributed by atoms with Crippen LogP contribution in [0.3, 0.4) is 0 Å². The van der Waals surface area contributed by atoms with E-state index in [0.717, 1.165) is 37.8 Å². The third-order valence-corrected chi connectivity index (χ3v) is 9.58. The highest BCUT2D eigenvalue weighted by Gasteiger charge is 2.63. The molecule has 1 aliphatic heterocycles. The second-order valence-corrected chi connectivity index (χ2v) is 10.9. The van der Waals surface area contributed by atoms with E-state index >= 15 is 0 Å². The highest BCUT2D eigenvalue weighted by atomic mass is 16.6. The predicted octanol–water partition coefficient (Wildman–Crippen LogP) is 6.06. The average Bonchev–Trinajstić information content (AvgIpc) is 3.30. The summed E-state index contributed by atoms with van der Waals surface area (Å²) in [5, 5.41) is 1.28. The molecule has 1 aromatic carbocycles. The second kappa shape index (κ2) is 7.10. The van der Waals surface area contributed by atoms with Gasteiger partial charge in [0.1, 0.15) is 11.7 Å². The molecule has 168 valence electrons. The van der Waals surface area contributed by atoms with E-state index in [2.05, 4.69) is 57.8 Å². The van der Waals surface area contributed by atoms with Crippen molar-refractivity contribution in [2.45, 2.75) is 91.3 Å². The minimum Gasteiger partial charge on any atom is -0.462 e. The van der Waals surface area contributed by atoms with E-state index in [1.807, 2.05) is 0 Å². The van der Waals surface area contributed by atoms with Gasteiger partial charge in [0.2, 0.25) is 0 Å². The summed E-state index contributed by atoms with van der Waals surface area (Å²) in [6.07, 6.45) is 6.35. The van der Waals surface area contributed by atoms with Gasteiger partial charge in [-0.2, -0.15) is 0 Å². The number of hydrogen-bond donors (Lipinski definition) is 1. The summed E-state index contributed by atoms with van der Waals surface area (Å²) in [5.74, 6) is 0.549. The van der Waals surface area contributed by atoms with E-state index in [1.54, 1.807) is 0 Å². The summed E-state index contributed by atoms with van der Waals surface area (Å²) in [6.45, 7) is 12.0. The summed E-state index contributed by atoms with van der Waals surface area (Å²) in [7, 11) is 0. The van der Waals surface area contributed by atoms with Crippen LogP contribution in [0.4, 0.5) is 0 Å². The smallest absolute Gasteiger partial charge is 0.309 e. The first-order valence-corrected chi connectivity index (χ1v) is 12.2. The molecule has 31 heavy (non-hydrogen) atoms. The topological polar surface area (TPSA) is 51.3 Å². The number of H-pyrrole nitrogens is 1. The van der Waals surface area contributed by atoms with Gasteiger partial charge >= 0.3 is 5.97 Å². The zero-order chi connectivity index (χ0) is 22.0. The monoisotopic (exact) mass is 423 g/mol. The number of rotatable bonds is 5. The molecule has 5 rings (SSSR count). The first kappa shape index (κ1) is 21.1. The Kier molecular flexibility index (Phi) is 4.82. The van der Waals surface area contributed by atoms with E-state index in [0.29, 0.717) is 12.5 Å². The number of nitrogens with one attached hydrogen (secondary N) is 1. The van der Waals surface area contributed by atoms with E-state index in [1.165, 1.54) is 28.5 Å². The summed E-state index contributed by atoms with van der Waals surface area (Å²) in [4.78, 5) is 17.0. The minimum absolute atomic E-state index is 0.0279. The maximum absolute atomic E-state index is 13.3. The van der Waals surface area contributed by atoms with Crippen molar-refractivity contribution in [1.29, 1.82) is 0 Å². The fraction of sp³-hybridized carbons (Fsp3) is 0.667. The maximum atomic E-state index is 13.3. The quantitative estimate of drug-likeness (QED) is 0.595. The van der Waals surface area contributed by atoms with Gasteiger partial charge in [-0.15, -0.1) is 0 Å². The molecule has 1 aromatic heterocycles. The number of hydrogen-bond acceptors (Lipinski definition) is 3. The second-order valence-electron chi connectivity index (χ2n) is 10.9. The molecule has 2 saturated carbocycles. The van der Waals surface area contributed by atoms with Crippen molar-refractivity contribution in [1.82, 2.24) is 4.98 Å². The highest BCUT2D eigenvalue weighted by molar-refractivity contribution is 5.88. The maximum Gasteiger partial charge on any atom is 0.309 e. The molecule has 2 aromatic rings. The van der Waals surface area contributed by atoms with Gasteiger partial charge in [0, 0.05) is 16.3 Å². The van der Waals surface area contributed by atoms with Crippen LogP contribution in [0.2, 0.25) is 0 Å². The van der Waals surface area contributed by atoms with Crippen LogP contribution in [0.5, 0.6) is 0 Å². The van der Waals surface area contributed by atoms with Crippen LogP contribution in [-0.4, -0.2) is 23.7 Å². The Morgan fingerprint density at radius 3 is 2.71 bits per heavy atom. The zero-order valence-electron chi connectivity index (χ0n) is 19.8. The van der Waals surface area contributed by atoms with Crippen LogP contribution >= 0.6 is 0 Å². The lowest BCUT2D eigenvalue weighted by atomic mass is 9.70. The number of aromatic nitrogens is 1. The summed E-state index contributed by atoms with van der Waals surface area (Å²) in [6, 6.07) is 6.53. The number of carbonyl (C=O) groups excluding carboxylic acids is 1. The first-order valence-electron chi connectivity index (χ1n) is 12.2. The summed E-state index contributed by atoms with van der Waals surface area (Å²) in [5.41, 5.74) is 4.63. The van der Waals surface area contributed by atoms with Crippen LogP contribution in [0.15, 0.2) is 18.2 Å². The number of benzene rings is 1. The standard InChI is InChI=1S/C27H37NO3/c1-6-17-9-8-10-19-20-12-14-30-27(7-2,24(20)28-23(17)19)16-22(29)31-21-15-18-11-13-26(21,5)25(18,3)4/h8-10,18,21,28H,6-7,11-16H2,1-5H3. The number of carbonyl (C=O) groups is 1. The lowest BCUT2D eigenvalue weighted by Gasteiger charge is -2.40. The fourth-order valence-corrected chi connectivity index (χ4v) is 6.98. The van der Waals surface area contributed by atoms with E-state index in [4.69, 9.17) is 9.47 Å². The Hall–Kier alpha value is -1.81. The normalized spacial score (nSPS) is 33.6. The van der Waals surface area contributed by atoms with Gasteiger partial charge < -0.3 is 14.5 Å². The number of para-hydroxylation sites is 1. The molecule has 2 fully saturated rings. The molecule has 1 N–H and O–H groups in total. The summed E-state index contributed by atoms with van der Waals surface area (Å²) >= 11 is 0. The van der Waals surface area contributed by atoms with Crippen molar-refractivity contribution >= 4 is 16.9 Å². The lowest BCUT2D eigenvalue weighted by molar-refractivity contribution is -0.167. The van der Waals surface area contributed by atoms with Crippen molar-refractivity contribution in [2.24, 2.45) is 16.7 Å². The average molecular weight is 424 g/mol. The number of ether oxygens (including phenoxy) is 2. The van der Waals surface area contributed by atoms with Gasteiger partial charge in [0.25, 0.3) is 0 Å². The molecule has 2 bridgehead atoms.